The van der Waals surface area contributed by atoms with E-state index in [0.29, 0.717) is 29.6 Å². The van der Waals surface area contributed by atoms with E-state index in [9.17, 15) is 4.39 Å². The first-order valence-corrected chi connectivity index (χ1v) is 9.09. The van der Waals surface area contributed by atoms with Crippen LogP contribution in [0, 0.1) is 5.82 Å². The summed E-state index contributed by atoms with van der Waals surface area (Å²) >= 11 is 7.98. The second-order valence-corrected chi connectivity index (χ2v) is 7.01. The zero-order chi connectivity index (χ0) is 16.2. The minimum absolute atomic E-state index is 0.190. The van der Waals surface area contributed by atoms with Crippen molar-refractivity contribution in [2.45, 2.75) is 19.5 Å². The highest BCUT2D eigenvalue weighted by molar-refractivity contribution is 7.99. The lowest BCUT2D eigenvalue weighted by atomic mass is 10.2. The highest BCUT2D eigenvalue weighted by atomic mass is 35.5. The number of nitrogens with zero attached hydrogens (tertiary/aromatic N) is 2. The van der Waals surface area contributed by atoms with Crippen LogP contribution in [0.3, 0.4) is 0 Å². The van der Waals surface area contributed by atoms with Crippen LogP contribution in [0.25, 0.3) is 0 Å². The van der Waals surface area contributed by atoms with E-state index in [0.717, 1.165) is 17.2 Å². The molecular weight excluding hydrogens is 335 g/mol. The molecule has 0 unspecified atom stereocenters. The predicted molar refractivity (Wildman–Crippen MR) is 94.2 cm³/mol. The van der Waals surface area contributed by atoms with E-state index in [1.807, 2.05) is 34.7 Å². The van der Waals surface area contributed by atoms with E-state index in [-0.39, 0.29) is 11.9 Å². The van der Waals surface area contributed by atoms with Crippen LogP contribution in [-0.4, -0.2) is 34.6 Å². The molecule has 1 aromatic carbocycles. The van der Waals surface area contributed by atoms with Crippen molar-refractivity contribution in [2.75, 3.05) is 18.1 Å². The molecule has 0 amide bonds. The third-order valence-electron chi connectivity index (χ3n) is 3.67. The average molecular weight is 353 g/mol. The molecule has 23 heavy (non-hydrogen) atoms. The fourth-order valence-electron chi connectivity index (χ4n) is 2.49. The van der Waals surface area contributed by atoms with Crippen LogP contribution in [0.15, 0.2) is 41.5 Å². The van der Waals surface area contributed by atoms with Gasteiger partial charge in [0.15, 0.2) is 0 Å². The smallest absolute Gasteiger partial charge is 0.233 e. The highest BCUT2D eigenvalue weighted by Gasteiger charge is 2.22. The zero-order valence-corrected chi connectivity index (χ0v) is 14.4. The number of hydrogen-bond donors (Lipinski definition) is 0. The average Bonchev–Trinajstić information content (AvgIpc) is 3.17. The molecule has 2 aromatic rings. The lowest BCUT2D eigenvalue weighted by Gasteiger charge is -2.11. The molecule has 0 saturated heterocycles. The fraction of sp³-hybridized carbons (Fsp3) is 0.353. The van der Waals surface area contributed by atoms with Gasteiger partial charge in [-0.15, -0.1) is 0 Å². The number of benzene rings is 1. The van der Waals surface area contributed by atoms with Crippen LogP contribution in [0.1, 0.15) is 18.2 Å². The first-order valence-electron chi connectivity index (χ1n) is 7.55. The summed E-state index contributed by atoms with van der Waals surface area (Å²) in [7, 11) is 0. The third-order valence-corrected chi connectivity index (χ3v) is 5.05. The van der Waals surface area contributed by atoms with Crippen LogP contribution in [0.2, 0.25) is 5.02 Å². The number of ether oxygens (including phenoxy) is 1. The minimum atomic E-state index is -0.302. The Morgan fingerprint density at radius 2 is 2.26 bits per heavy atom. The van der Waals surface area contributed by atoms with Gasteiger partial charge in [0.25, 0.3) is 0 Å². The quantitative estimate of drug-likeness (QED) is 0.777. The fourth-order valence-corrected chi connectivity index (χ4v) is 3.40. The molecule has 1 aliphatic rings. The number of rotatable bonds is 6. The Balaban J connectivity index is 1.81. The summed E-state index contributed by atoms with van der Waals surface area (Å²) < 4.78 is 21.6. The molecule has 0 bridgehead atoms. The second kappa shape index (κ2) is 7.41. The minimum Gasteiger partial charge on any atom is -0.474 e. The monoisotopic (exact) mass is 352 g/mol. The normalized spacial score (nSPS) is 17.2. The van der Waals surface area contributed by atoms with Crippen LogP contribution in [0.4, 0.5) is 4.39 Å². The zero-order valence-electron chi connectivity index (χ0n) is 12.8. The highest BCUT2D eigenvalue weighted by Crippen LogP contribution is 2.22. The molecule has 3 rings (SSSR count). The lowest BCUT2D eigenvalue weighted by Crippen LogP contribution is -2.11. The van der Waals surface area contributed by atoms with Crippen molar-refractivity contribution < 1.29 is 9.13 Å². The molecule has 0 fully saturated rings. The van der Waals surface area contributed by atoms with Gasteiger partial charge < -0.3 is 9.30 Å². The third kappa shape index (κ3) is 3.72. The van der Waals surface area contributed by atoms with Crippen molar-refractivity contribution in [3.8, 4) is 0 Å². The predicted octanol–water partition coefficient (Wildman–Crippen LogP) is 4.23. The van der Waals surface area contributed by atoms with Gasteiger partial charge in [0.2, 0.25) is 5.90 Å². The standard InChI is InChI=1S/C17H18ClFN2OS/c1-2-23-11-12-10-22-17(20-12)16-7-4-8-21(16)9-13-14(18)5-3-6-15(13)19/h3-8,12H,2,9-11H2,1H3/t12-/m0/s1. The second-order valence-electron chi connectivity index (χ2n) is 5.28. The molecule has 1 aliphatic heterocycles. The van der Waals surface area contributed by atoms with Crippen molar-refractivity contribution in [2.24, 2.45) is 4.99 Å². The Morgan fingerprint density at radius 3 is 3.04 bits per heavy atom. The molecule has 3 nitrogen and oxygen atoms in total. The number of aromatic nitrogens is 1. The molecule has 2 heterocycles. The lowest BCUT2D eigenvalue weighted by molar-refractivity contribution is 0.323. The topological polar surface area (TPSA) is 26.5 Å². The van der Waals surface area contributed by atoms with Gasteiger partial charge in [0.1, 0.15) is 18.1 Å². The molecular formula is C17H18ClFN2OS. The molecule has 1 atom stereocenters. The van der Waals surface area contributed by atoms with E-state index in [1.54, 1.807) is 12.1 Å². The Labute approximate surface area is 144 Å². The molecule has 1 aromatic heterocycles. The van der Waals surface area contributed by atoms with Gasteiger partial charge in [-0.2, -0.15) is 11.8 Å². The number of hydrogen-bond acceptors (Lipinski definition) is 3. The van der Waals surface area contributed by atoms with Crippen molar-refractivity contribution in [3.05, 3.63) is 58.6 Å². The van der Waals surface area contributed by atoms with Gasteiger partial charge in [0, 0.05) is 22.5 Å². The van der Waals surface area contributed by atoms with Crippen LogP contribution >= 0.6 is 23.4 Å². The van der Waals surface area contributed by atoms with Gasteiger partial charge in [-0.05, 0) is 30.0 Å². The molecule has 0 aliphatic carbocycles. The maximum atomic E-state index is 14.0. The van der Waals surface area contributed by atoms with E-state index >= 15 is 0 Å². The Kier molecular flexibility index (Phi) is 5.28. The Morgan fingerprint density at radius 1 is 1.39 bits per heavy atom. The molecule has 122 valence electrons. The molecule has 0 radical (unpaired) electrons. The molecule has 6 heteroatoms. The maximum absolute atomic E-state index is 14.0. The van der Waals surface area contributed by atoms with E-state index in [4.69, 9.17) is 16.3 Å². The Bertz CT molecular complexity index is 696. The van der Waals surface area contributed by atoms with Crippen LogP contribution in [-0.2, 0) is 11.3 Å². The van der Waals surface area contributed by atoms with Gasteiger partial charge in [-0.25, -0.2) is 9.38 Å². The number of aliphatic imine (C=N–C) groups is 1. The van der Waals surface area contributed by atoms with E-state index in [2.05, 4.69) is 11.9 Å². The van der Waals surface area contributed by atoms with Crippen molar-refractivity contribution in [1.82, 2.24) is 4.57 Å². The first kappa shape index (κ1) is 16.4. The Hall–Kier alpha value is -1.46. The summed E-state index contributed by atoms with van der Waals surface area (Å²) in [4.78, 5) is 4.64. The molecule has 0 spiro atoms. The van der Waals surface area contributed by atoms with E-state index < -0.39 is 0 Å². The van der Waals surface area contributed by atoms with Crippen LogP contribution in [0.5, 0.6) is 0 Å². The van der Waals surface area contributed by atoms with Gasteiger partial charge in [-0.3, -0.25) is 0 Å². The van der Waals surface area contributed by atoms with Crippen molar-refractivity contribution in [3.63, 3.8) is 0 Å². The van der Waals surface area contributed by atoms with Crippen molar-refractivity contribution in [1.29, 1.82) is 0 Å². The number of halogens is 2. The van der Waals surface area contributed by atoms with Gasteiger partial charge in [-0.1, -0.05) is 24.6 Å². The van der Waals surface area contributed by atoms with E-state index in [1.165, 1.54) is 6.07 Å². The SMILES string of the molecule is CCSC[C@@H]1COC(c2cccn2Cc2c(F)cccc2Cl)=N1. The maximum Gasteiger partial charge on any atom is 0.233 e. The van der Waals surface area contributed by atoms with Crippen LogP contribution < -0.4 is 0 Å². The summed E-state index contributed by atoms with van der Waals surface area (Å²) in [6, 6.07) is 8.76. The summed E-state index contributed by atoms with van der Waals surface area (Å²) in [5, 5.41) is 0.427. The largest absolute Gasteiger partial charge is 0.474 e. The van der Waals surface area contributed by atoms with Gasteiger partial charge in [0.05, 0.1) is 12.6 Å². The summed E-state index contributed by atoms with van der Waals surface area (Å²) in [6.45, 7) is 3.09. The van der Waals surface area contributed by atoms with Crippen molar-refractivity contribution >= 4 is 29.3 Å². The summed E-state index contributed by atoms with van der Waals surface area (Å²) in [6.07, 6.45) is 1.89. The molecule has 0 saturated carbocycles. The first-order chi connectivity index (χ1) is 11.2. The van der Waals surface area contributed by atoms with Gasteiger partial charge >= 0.3 is 0 Å². The summed E-state index contributed by atoms with van der Waals surface area (Å²) in [5.74, 6) is 2.36. The number of thioether (sulfide) groups is 1. The summed E-state index contributed by atoms with van der Waals surface area (Å²) in [5.41, 5.74) is 1.33. The molecule has 0 N–H and O–H groups in total.